The predicted molar refractivity (Wildman–Crippen MR) is 110 cm³/mol. The molecule has 0 aromatic heterocycles. The predicted octanol–water partition coefficient (Wildman–Crippen LogP) is 5.14. The topological polar surface area (TPSA) is 70.2 Å². The van der Waals surface area contributed by atoms with Crippen molar-refractivity contribution in [3.05, 3.63) is 82.1 Å². The van der Waals surface area contributed by atoms with Crippen molar-refractivity contribution in [1.82, 2.24) is 5.32 Å². The Morgan fingerprint density at radius 3 is 2.57 bits per heavy atom. The number of fused-ring (bicyclic) bond motifs is 1. The summed E-state index contributed by atoms with van der Waals surface area (Å²) in [6.45, 7) is 0.418. The minimum atomic E-state index is -0.559. The van der Waals surface area contributed by atoms with E-state index >= 15 is 0 Å². The summed E-state index contributed by atoms with van der Waals surface area (Å²) in [5.41, 5.74) is 3.54. The minimum absolute atomic E-state index is 0.0676. The van der Waals surface area contributed by atoms with Gasteiger partial charge in [-0.05, 0) is 53.1 Å². The van der Waals surface area contributed by atoms with E-state index in [4.69, 9.17) is 0 Å². The molecule has 0 fully saturated rings. The van der Waals surface area contributed by atoms with Crippen molar-refractivity contribution in [2.75, 3.05) is 10.6 Å². The maximum atomic E-state index is 14.6. The molecule has 0 saturated heterocycles. The molecule has 140 valence electrons. The van der Waals surface area contributed by atoms with E-state index < -0.39 is 11.8 Å². The van der Waals surface area contributed by atoms with E-state index in [9.17, 15) is 14.0 Å². The molecule has 5 nitrogen and oxygen atoms in total. The summed E-state index contributed by atoms with van der Waals surface area (Å²) in [6.07, 6.45) is 0. The molecule has 0 aliphatic carbocycles. The van der Waals surface area contributed by atoms with Gasteiger partial charge in [-0.15, -0.1) is 0 Å². The van der Waals surface area contributed by atoms with E-state index in [0.29, 0.717) is 23.4 Å². The Hall–Kier alpha value is -3.19. The average Bonchev–Trinajstić information content (AvgIpc) is 3.05. The van der Waals surface area contributed by atoms with Gasteiger partial charge in [0.2, 0.25) is 0 Å². The molecule has 1 heterocycles. The third-order valence-electron chi connectivity index (χ3n) is 4.46. The smallest absolute Gasteiger partial charge is 0.323 e. The van der Waals surface area contributed by atoms with Gasteiger partial charge < -0.3 is 16.0 Å². The number of nitrogens with one attached hydrogen (secondary N) is 3. The SMILES string of the molecule is O=C(Nc1cccc(Br)c1)Nc1ccc(-c2cccc3c2CNC3=O)cc1F. The lowest BCUT2D eigenvalue weighted by Gasteiger charge is -2.11. The molecule has 1 aliphatic rings. The van der Waals surface area contributed by atoms with Crippen molar-refractivity contribution < 1.29 is 14.0 Å². The van der Waals surface area contributed by atoms with E-state index in [2.05, 4.69) is 31.9 Å². The Bertz CT molecular complexity index is 1100. The third-order valence-corrected chi connectivity index (χ3v) is 4.95. The first-order chi connectivity index (χ1) is 13.5. The first-order valence-corrected chi connectivity index (χ1v) is 9.34. The van der Waals surface area contributed by atoms with Crippen LogP contribution in [-0.4, -0.2) is 11.9 Å². The van der Waals surface area contributed by atoms with Crippen LogP contribution < -0.4 is 16.0 Å². The summed E-state index contributed by atoms with van der Waals surface area (Å²) in [5.74, 6) is -0.684. The molecule has 28 heavy (non-hydrogen) atoms. The number of urea groups is 1. The lowest BCUT2D eigenvalue weighted by Crippen LogP contribution is -2.20. The highest BCUT2D eigenvalue weighted by molar-refractivity contribution is 9.10. The van der Waals surface area contributed by atoms with Crippen LogP contribution in [0.3, 0.4) is 0 Å². The molecule has 0 spiro atoms. The number of amides is 3. The molecule has 0 radical (unpaired) electrons. The molecule has 3 amide bonds. The fourth-order valence-corrected chi connectivity index (χ4v) is 3.56. The average molecular weight is 440 g/mol. The first kappa shape index (κ1) is 18.2. The third kappa shape index (κ3) is 3.61. The summed E-state index contributed by atoms with van der Waals surface area (Å²) in [4.78, 5) is 24.0. The molecular formula is C21H15BrFN3O2. The highest BCUT2D eigenvalue weighted by atomic mass is 79.9. The zero-order valence-corrected chi connectivity index (χ0v) is 16.1. The molecule has 0 atom stereocenters. The van der Waals surface area contributed by atoms with Crippen molar-refractivity contribution in [2.45, 2.75) is 6.54 Å². The van der Waals surface area contributed by atoms with Crippen LogP contribution in [-0.2, 0) is 6.54 Å². The van der Waals surface area contributed by atoms with Gasteiger partial charge in [0.15, 0.2) is 0 Å². The molecule has 1 aliphatic heterocycles. The van der Waals surface area contributed by atoms with Crippen LogP contribution in [0.2, 0.25) is 0 Å². The molecule has 4 rings (SSSR count). The van der Waals surface area contributed by atoms with Crippen LogP contribution in [0, 0.1) is 5.82 Å². The number of carbonyl (C=O) groups is 2. The fraction of sp³-hybridized carbons (Fsp3) is 0.0476. The molecular weight excluding hydrogens is 425 g/mol. The molecule has 3 N–H and O–H groups in total. The second-order valence-corrected chi connectivity index (χ2v) is 7.21. The van der Waals surface area contributed by atoms with E-state index in [1.165, 1.54) is 12.1 Å². The van der Waals surface area contributed by atoms with Crippen LogP contribution in [0.5, 0.6) is 0 Å². The molecule has 7 heteroatoms. The Morgan fingerprint density at radius 2 is 1.79 bits per heavy atom. The second-order valence-electron chi connectivity index (χ2n) is 6.30. The van der Waals surface area contributed by atoms with Crippen LogP contribution in [0.25, 0.3) is 11.1 Å². The summed E-state index contributed by atoms with van der Waals surface area (Å²) in [7, 11) is 0. The van der Waals surface area contributed by atoms with Crippen LogP contribution >= 0.6 is 15.9 Å². The summed E-state index contributed by atoms with van der Waals surface area (Å²) >= 11 is 3.33. The van der Waals surface area contributed by atoms with Gasteiger partial charge in [0.1, 0.15) is 5.82 Å². The second kappa shape index (κ2) is 7.44. The van der Waals surface area contributed by atoms with Gasteiger partial charge in [0.05, 0.1) is 5.69 Å². The van der Waals surface area contributed by atoms with E-state index in [1.54, 1.807) is 36.4 Å². The van der Waals surface area contributed by atoms with E-state index in [-0.39, 0.29) is 11.6 Å². The van der Waals surface area contributed by atoms with Crippen LogP contribution in [0.4, 0.5) is 20.6 Å². The van der Waals surface area contributed by atoms with Crippen molar-refractivity contribution in [2.24, 2.45) is 0 Å². The molecule has 3 aromatic carbocycles. The maximum Gasteiger partial charge on any atom is 0.323 e. The first-order valence-electron chi connectivity index (χ1n) is 8.55. The van der Waals surface area contributed by atoms with Gasteiger partial charge in [0, 0.05) is 22.3 Å². The molecule has 0 bridgehead atoms. The number of rotatable bonds is 3. The van der Waals surface area contributed by atoms with Gasteiger partial charge >= 0.3 is 6.03 Å². The van der Waals surface area contributed by atoms with E-state index in [1.807, 2.05) is 12.1 Å². The van der Waals surface area contributed by atoms with E-state index in [0.717, 1.165) is 15.6 Å². The fourth-order valence-electron chi connectivity index (χ4n) is 3.16. The number of hydrogen-bond acceptors (Lipinski definition) is 2. The number of hydrogen-bond donors (Lipinski definition) is 3. The summed E-state index contributed by atoms with van der Waals surface area (Å²) in [6, 6.07) is 16.5. The summed E-state index contributed by atoms with van der Waals surface area (Å²) in [5, 5.41) is 7.93. The Labute approximate surface area is 169 Å². The molecule has 0 unspecified atom stereocenters. The van der Waals surface area contributed by atoms with Crippen LogP contribution in [0.1, 0.15) is 15.9 Å². The van der Waals surface area contributed by atoms with Crippen LogP contribution in [0.15, 0.2) is 65.1 Å². The molecule has 3 aromatic rings. The Kier molecular flexibility index (Phi) is 4.83. The lowest BCUT2D eigenvalue weighted by atomic mass is 9.96. The largest absolute Gasteiger partial charge is 0.348 e. The highest BCUT2D eigenvalue weighted by Gasteiger charge is 2.22. The Morgan fingerprint density at radius 1 is 1.00 bits per heavy atom. The van der Waals surface area contributed by atoms with Gasteiger partial charge in [-0.1, -0.05) is 40.2 Å². The number of benzene rings is 3. The highest BCUT2D eigenvalue weighted by Crippen LogP contribution is 2.31. The van der Waals surface area contributed by atoms with Gasteiger partial charge in [-0.2, -0.15) is 0 Å². The quantitative estimate of drug-likeness (QED) is 0.528. The standard InChI is InChI=1S/C21H15BrFN3O2/c22-13-3-1-4-14(10-13)25-21(28)26-19-8-7-12(9-18(19)23)15-5-2-6-16-17(15)11-24-20(16)27/h1-10H,11H2,(H,24,27)(H2,25,26,28). The van der Waals surface area contributed by atoms with Gasteiger partial charge in [-0.25, -0.2) is 9.18 Å². The van der Waals surface area contributed by atoms with Gasteiger partial charge in [-0.3, -0.25) is 4.79 Å². The number of anilines is 2. The van der Waals surface area contributed by atoms with Crippen molar-refractivity contribution in [1.29, 1.82) is 0 Å². The minimum Gasteiger partial charge on any atom is -0.348 e. The van der Waals surface area contributed by atoms with Crippen molar-refractivity contribution >= 4 is 39.2 Å². The lowest BCUT2D eigenvalue weighted by molar-refractivity contribution is 0.0965. The number of carbonyl (C=O) groups excluding carboxylic acids is 2. The zero-order valence-electron chi connectivity index (χ0n) is 14.6. The van der Waals surface area contributed by atoms with Crippen molar-refractivity contribution in [3.8, 4) is 11.1 Å². The monoisotopic (exact) mass is 439 g/mol. The number of halogens is 2. The van der Waals surface area contributed by atoms with Crippen molar-refractivity contribution in [3.63, 3.8) is 0 Å². The molecule has 0 saturated carbocycles. The Balaban J connectivity index is 1.54. The van der Waals surface area contributed by atoms with Gasteiger partial charge in [0.25, 0.3) is 5.91 Å². The maximum absolute atomic E-state index is 14.6. The summed E-state index contributed by atoms with van der Waals surface area (Å²) < 4.78 is 15.4. The zero-order chi connectivity index (χ0) is 19.7. The normalized spacial score (nSPS) is 12.3.